The largest absolute Gasteiger partial charge is 0.455 e. The van der Waals surface area contributed by atoms with Gasteiger partial charge in [0.2, 0.25) is 0 Å². The van der Waals surface area contributed by atoms with Crippen LogP contribution in [0, 0.1) is 24.0 Å². The van der Waals surface area contributed by atoms with Gasteiger partial charge in [-0.3, -0.25) is 19.7 Å². The van der Waals surface area contributed by atoms with Gasteiger partial charge < -0.3 is 10.1 Å². The van der Waals surface area contributed by atoms with Gasteiger partial charge in [0.25, 0.3) is 11.6 Å². The second-order valence-corrected chi connectivity index (χ2v) is 6.59. The summed E-state index contributed by atoms with van der Waals surface area (Å²) in [6.45, 7) is 3.51. The lowest BCUT2D eigenvalue weighted by Crippen LogP contribution is -2.21. The summed E-state index contributed by atoms with van der Waals surface area (Å²) < 4.78 is 4.93. The molecule has 2 aromatic rings. The highest BCUT2D eigenvalue weighted by Gasteiger charge is 2.11. The lowest BCUT2D eigenvalue weighted by atomic mass is 10.2. The zero-order valence-corrected chi connectivity index (χ0v) is 15.2. The van der Waals surface area contributed by atoms with E-state index in [1.54, 1.807) is 0 Å². The number of nitro groups is 1. The number of carbonyl (C=O) groups excluding carboxylic acids is 2. The molecule has 0 unspecified atom stereocenters. The van der Waals surface area contributed by atoms with Crippen molar-refractivity contribution in [1.82, 2.24) is 0 Å². The molecule has 0 radical (unpaired) electrons. The van der Waals surface area contributed by atoms with Crippen LogP contribution >= 0.6 is 11.8 Å². The van der Waals surface area contributed by atoms with Crippen molar-refractivity contribution < 1.29 is 19.2 Å². The smallest absolute Gasteiger partial charge is 0.316 e. The highest BCUT2D eigenvalue weighted by atomic mass is 32.2. The van der Waals surface area contributed by atoms with Gasteiger partial charge in [0.05, 0.1) is 10.7 Å². The van der Waals surface area contributed by atoms with Crippen LogP contribution in [0.3, 0.4) is 0 Å². The van der Waals surface area contributed by atoms with E-state index < -0.39 is 23.4 Å². The molecule has 2 aromatic carbocycles. The van der Waals surface area contributed by atoms with E-state index in [1.807, 2.05) is 32.0 Å². The number of nitrogens with one attached hydrogen (secondary N) is 1. The highest BCUT2D eigenvalue weighted by Crippen LogP contribution is 2.23. The zero-order valence-electron chi connectivity index (χ0n) is 14.4. The molecule has 136 valence electrons. The fourth-order valence-corrected chi connectivity index (χ4v) is 2.99. The molecule has 1 amide bonds. The van der Waals surface area contributed by atoms with Crippen LogP contribution in [0.25, 0.3) is 0 Å². The lowest BCUT2D eigenvalue weighted by molar-refractivity contribution is -0.384. The van der Waals surface area contributed by atoms with Gasteiger partial charge in [0.1, 0.15) is 0 Å². The molecule has 0 heterocycles. The maximum atomic E-state index is 11.8. The molecular weight excluding hydrogens is 356 g/mol. The van der Waals surface area contributed by atoms with E-state index in [1.165, 1.54) is 36.0 Å². The quantitative estimate of drug-likeness (QED) is 0.345. The number of anilines is 1. The molecule has 0 spiro atoms. The van der Waals surface area contributed by atoms with Crippen LogP contribution < -0.4 is 5.32 Å². The Morgan fingerprint density at radius 2 is 1.96 bits per heavy atom. The molecule has 0 saturated heterocycles. The number of amides is 1. The number of rotatable bonds is 7. The average molecular weight is 374 g/mol. The van der Waals surface area contributed by atoms with E-state index in [9.17, 15) is 19.7 Å². The van der Waals surface area contributed by atoms with Crippen LogP contribution in [0.2, 0.25) is 0 Å². The van der Waals surface area contributed by atoms with Crippen molar-refractivity contribution in [3.05, 3.63) is 63.7 Å². The molecule has 26 heavy (non-hydrogen) atoms. The van der Waals surface area contributed by atoms with Crippen LogP contribution in [-0.2, 0) is 14.3 Å². The Morgan fingerprint density at radius 3 is 2.65 bits per heavy atom. The van der Waals surface area contributed by atoms with E-state index in [0.717, 1.165) is 16.0 Å². The molecular formula is C18H18N2O5S. The Balaban J connectivity index is 1.78. The van der Waals surface area contributed by atoms with Gasteiger partial charge in [-0.2, -0.15) is 0 Å². The molecule has 0 atom stereocenters. The Kier molecular flexibility index (Phi) is 6.74. The Labute approximate surface area is 154 Å². The van der Waals surface area contributed by atoms with E-state index in [4.69, 9.17) is 4.74 Å². The van der Waals surface area contributed by atoms with Crippen LogP contribution in [0.15, 0.2) is 47.4 Å². The third kappa shape index (κ3) is 5.89. The van der Waals surface area contributed by atoms with Crippen molar-refractivity contribution in [2.45, 2.75) is 18.7 Å². The van der Waals surface area contributed by atoms with Crippen molar-refractivity contribution in [3.8, 4) is 0 Å². The second-order valence-electron chi connectivity index (χ2n) is 5.57. The number of aryl methyl sites for hydroxylation is 2. The van der Waals surface area contributed by atoms with Gasteiger partial charge in [-0.15, -0.1) is 11.8 Å². The number of esters is 1. The number of carbonyl (C=O) groups is 2. The predicted octanol–water partition coefficient (Wildman–Crippen LogP) is 3.49. The minimum atomic E-state index is -0.560. The zero-order chi connectivity index (χ0) is 19.1. The molecule has 0 aliphatic heterocycles. The van der Waals surface area contributed by atoms with Crippen LogP contribution in [0.1, 0.15) is 11.1 Å². The third-order valence-electron chi connectivity index (χ3n) is 3.38. The summed E-state index contributed by atoms with van der Waals surface area (Å²) in [7, 11) is 0. The molecule has 8 heteroatoms. The van der Waals surface area contributed by atoms with Crippen LogP contribution in [0.5, 0.6) is 0 Å². The first-order chi connectivity index (χ1) is 12.3. The number of nitro benzene ring substituents is 1. The first-order valence-electron chi connectivity index (χ1n) is 7.75. The Hall–Kier alpha value is -2.87. The summed E-state index contributed by atoms with van der Waals surface area (Å²) in [6.07, 6.45) is 0. The maximum absolute atomic E-state index is 11.8. The molecule has 0 saturated carbocycles. The number of nitrogens with zero attached hydrogens (tertiary/aromatic N) is 1. The van der Waals surface area contributed by atoms with Gasteiger partial charge in [0.15, 0.2) is 6.61 Å². The van der Waals surface area contributed by atoms with Crippen LogP contribution in [0.4, 0.5) is 11.4 Å². The molecule has 0 bridgehead atoms. The van der Waals surface area contributed by atoms with E-state index >= 15 is 0 Å². The standard InChI is InChI=1S/C18H18N2O5S/c1-12-6-7-16(13(2)8-12)26-11-18(22)25-10-17(21)19-14-4-3-5-15(9-14)20(23)24/h3-9H,10-11H2,1-2H3,(H,19,21). The number of hydrogen-bond donors (Lipinski definition) is 1. The number of non-ortho nitro benzene ring substituents is 1. The fraction of sp³-hybridized carbons (Fsp3) is 0.222. The summed E-state index contributed by atoms with van der Waals surface area (Å²) in [6, 6.07) is 11.5. The molecule has 1 N–H and O–H groups in total. The summed E-state index contributed by atoms with van der Waals surface area (Å²) in [5, 5.41) is 13.2. The number of ether oxygens (including phenoxy) is 1. The van der Waals surface area contributed by atoms with Crippen molar-refractivity contribution in [1.29, 1.82) is 0 Å². The highest BCUT2D eigenvalue weighted by molar-refractivity contribution is 8.00. The minimum Gasteiger partial charge on any atom is -0.455 e. The van der Waals surface area contributed by atoms with Crippen molar-refractivity contribution in [3.63, 3.8) is 0 Å². The number of thioether (sulfide) groups is 1. The predicted molar refractivity (Wildman–Crippen MR) is 99.3 cm³/mol. The van der Waals surface area contributed by atoms with E-state index in [2.05, 4.69) is 5.32 Å². The van der Waals surface area contributed by atoms with Gasteiger partial charge in [-0.05, 0) is 31.5 Å². The first kappa shape index (κ1) is 19.5. The lowest BCUT2D eigenvalue weighted by Gasteiger charge is -2.08. The first-order valence-corrected chi connectivity index (χ1v) is 8.73. The summed E-state index contributed by atoms with van der Waals surface area (Å²) in [4.78, 5) is 34.7. The van der Waals surface area contributed by atoms with Gasteiger partial charge in [0, 0.05) is 22.7 Å². The normalized spacial score (nSPS) is 10.2. The summed E-state index contributed by atoms with van der Waals surface area (Å²) in [5.74, 6) is -0.979. The minimum absolute atomic E-state index is 0.0913. The van der Waals surface area contributed by atoms with E-state index in [-0.39, 0.29) is 17.1 Å². The molecule has 0 aromatic heterocycles. The van der Waals surface area contributed by atoms with Gasteiger partial charge in [-0.25, -0.2) is 0 Å². The van der Waals surface area contributed by atoms with E-state index in [0.29, 0.717) is 0 Å². The Bertz CT molecular complexity index is 838. The SMILES string of the molecule is Cc1ccc(SCC(=O)OCC(=O)Nc2cccc([N+](=O)[O-])c2)c(C)c1. The molecule has 7 nitrogen and oxygen atoms in total. The second kappa shape index (κ2) is 9.00. The molecule has 0 fully saturated rings. The van der Waals surface area contributed by atoms with Crippen molar-refractivity contribution >= 4 is 35.0 Å². The fourth-order valence-electron chi connectivity index (χ4n) is 2.18. The van der Waals surface area contributed by atoms with Crippen LogP contribution in [-0.4, -0.2) is 29.2 Å². The number of hydrogen-bond acceptors (Lipinski definition) is 6. The monoisotopic (exact) mass is 374 g/mol. The number of benzene rings is 2. The van der Waals surface area contributed by atoms with Gasteiger partial charge >= 0.3 is 5.97 Å². The Morgan fingerprint density at radius 1 is 1.19 bits per heavy atom. The molecule has 0 aliphatic carbocycles. The van der Waals surface area contributed by atoms with Gasteiger partial charge in [-0.1, -0.05) is 23.8 Å². The van der Waals surface area contributed by atoms with Crippen molar-refractivity contribution in [2.75, 3.05) is 17.7 Å². The third-order valence-corrected chi connectivity index (χ3v) is 4.53. The molecule has 0 aliphatic rings. The van der Waals surface area contributed by atoms with Crippen molar-refractivity contribution in [2.24, 2.45) is 0 Å². The summed E-state index contributed by atoms with van der Waals surface area (Å²) >= 11 is 1.34. The topological polar surface area (TPSA) is 98.5 Å². The molecule has 2 rings (SSSR count). The maximum Gasteiger partial charge on any atom is 0.316 e. The summed E-state index contributed by atoms with van der Waals surface area (Å²) in [5.41, 5.74) is 2.35. The average Bonchev–Trinajstić information content (AvgIpc) is 2.59.